The van der Waals surface area contributed by atoms with Gasteiger partial charge in [0.05, 0.1) is 5.56 Å². The standard InChI is InChI=1S/C26H32F3N5O/c1-18-23(25(35)33-13-8-22(9-14-33)32-10-3-2-4-11-32)30-17-31-24(18)34-12-7-19-5-6-21(26(27,28)29)15-20(19)16-34/h5-6,15,17,22H,2-4,7-14,16H2,1H3. The summed E-state index contributed by atoms with van der Waals surface area (Å²) in [6.45, 7) is 6.56. The molecule has 188 valence electrons. The number of piperidine rings is 2. The van der Waals surface area contributed by atoms with E-state index in [1.165, 1.54) is 31.7 Å². The van der Waals surface area contributed by atoms with Crippen molar-refractivity contribution in [1.82, 2.24) is 19.8 Å². The lowest BCUT2D eigenvalue weighted by molar-refractivity contribution is -0.137. The third-order valence-corrected chi connectivity index (χ3v) is 7.76. The quantitative estimate of drug-likeness (QED) is 0.640. The van der Waals surface area contributed by atoms with E-state index >= 15 is 0 Å². The van der Waals surface area contributed by atoms with Gasteiger partial charge in [-0.15, -0.1) is 0 Å². The van der Waals surface area contributed by atoms with E-state index in [1.54, 1.807) is 6.07 Å². The molecule has 5 rings (SSSR count). The summed E-state index contributed by atoms with van der Waals surface area (Å²) >= 11 is 0. The summed E-state index contributed by atoms with van der Waals surface area (Å²) in [5.74, 6) is 0.537. The molecule has 2 fully saturated rings. The number of carbonyl (C=O) groups is 1. The Morgan fingerprint density at radius 3 is 2.43 bits per heavy atom. The first-order valence-electron chi connectivity index (χ1n) is 12.6. The van der Waals surface area contributed by atoms with Crippen LogP contribution in [0.3, 0.4) is 0 Å². The van der Waals surface area contributed by atoms with Crippen molar-refractivity contribution < 1.29 is 18.0 Å². The molecule has 1 aromatic carbocycles. The van der Waals surface area contributed by atoms with Crippen LogP contribution in [0.2, 0.25) is 0 Å². The molecule has 4 heterocycles. The van der Waals surface area contributed by atoms with E-state index in [0.717, 1.165) is 50.7 Å². The average Bonchev–Trinajstić information content (AvgIpc) is 2.88. The normalized spacial score (nSPS) is 20.1. The van der Waals surface area contributed by atoms with Gasteiger partial charge in [0.2, 0.25) is 0 Å². The lowest BCUT2D eigenvalue weighted by Crippen LogP contribution is -2.48. The summed E-state index contributed by atoms with van der Waals surface area (Å²) in [4.78, 5) is 28.5. The third kappa shape index (κ3) is 5.01. The highest BCUT2D eigenvalue weighted by atomic mass is 19.4. The number of aromatic nitrogens is 2. The number of halogens is 3. The highest BCUT2D eigenvalue weighted by Gasteiger charge is 2.33. The van der Waals surface area contributed by atoms with Gasteiger partial charge in [-0.1, -0.05) is 12.5 Å². The molecular formula is C26H32F3N5O. The first-order chi connectivity index (χ1) is 16.8. The van der Waals surface area contributed by atoms with Crippen LogP contribution in [0.15, 0.2) is 24.5 Å². The summed E-state index contributed by atoms with van der Waals surface area (Å²) in [5, 5.41) is 0. The van der Waals surface area contributed by atoms with Crippen LogP contribution in [0.1, 0.15) is 64.8 Å². The number of rotatable bonds is 3. The molecule has 3 aliphatic rings. The van der Waals surface area contributed by atoms with E-state index in [1.807, 2.05) is 16.7 Å². The SMILES string of the molecule is Cc1c(C(=O)N2CCC(N3CCCCC3)CC2)ncnc1N1CCc2ccc(C(F)(F)F)cc2C1. The fraction of sp³-hybridized carbons (Fsp3) is 0.577. The first-order valence-corrected chi connectivity index (χ1v) is 12.6. The summed E-state index contributed by atoms with van der Waals surface area (Å²) in [6, 6.07) is 4.51. The number of nitrogens with zero attached hydrogens (tertiary/aromatic N) is 5. The summed E-state index contributed by atoms with van der Waals surface area (Å²) in [6.07, 6.45) is 3.46. The van der Waals surface area contributed by atoms with Crippen LogP contribution >= 0.6 is 0 Å². The molecule has 2 saturated heterocycles. The third-order valence-electron chi connectivity index (χ3n) is 7.76. The van der Waals surface area contributed by atoms with E-state index < -0.39 is 11.7 Å². The second-order valence-electron chi connectivity index (χ2n) is 9.94. The number of fused-ring (bicyclic) bond motifs is 1. The zero-order valence-corrected chi connectivity index (χ0v) is 20.2. The summed E-state index contributed by atoms with van der Waals surface area (Å²) in [7, 11) is 0. The van der Waals surface area contributed by atoms with Crippen LogP contribution in [0.25, 0.3) is 0 Å². The topological polar surface area (TPSA) is 52.6 Å². The monoisotopic (exact) mass is 487 g/mol. The van der Waals surface area contributed by atoms with Crippen LogP contribution in [0, 0.1) is 6.92 Å². The van der Waals surface area contributed by atoms with Crippen LogP contribution in [0.5, 0.6) is 0 Å². The van der Waals surface area contributed by atoms with E-state index in [0.29, 0.717) is 48.2 Å². The zero-order chi connectivity index (χ0) is 24.6. The lowest BCUT2D eigenvalue weighted by atomic mass is 9.96. The van der Waals surface area contributed by atoms with Crippen molar-refractivity contribution in [3.05, 3.63) is 52.5 Å². The second-order valence-corrected chi connectivity index (χ2v) is 9.94. The predicted octanol–water partition coefficient (Wildman–Crippen LogP) is 4.46. The molecule has 9 heteroatoms. The van der Waals surface area contributed by atoms with E-state index in [2.05, 4.69) is 14.9 Å². The first kappa shape index (κ1) is 24.0. The van der Waals surface area contributed by atoms with Gasteiger partial charge in [-0.3, -0.25) is 4.79 Å². The molecule has 0 bridgehead atoms. The molecule has 6 nitrogen and oxygen atoms in total. The van der Waals surface area contributed by atoms with Crippen LogP contribution in [-0.4, -0.2) is 64.4 Å². The van der Waals surface area contributed by atoms with Gasteiger partial charge in [-0.2, -0.15) is 13.2 Å². The maximum Gasteiger partial charge on any atom is 0.416 e. The number of amides is 1. The fourth-order valence-corrected chi connectivity index (χ4v) is 5.76. The second kappa shape index (κ2) is 9.76. The van der Waals surface area contributed by atoms with Crippen molar-refractivity contribution >= 4 is 11.7 Å². The van der Waals surface area contributed by atoms with Crippen molar-refractivity contribution in [2.75, 3.05) is 37.6 Å². The Hall–Kier alpha value is -2.68. The Balaban J connectivity index is 1.29. The molecular weight excluding hydrogens is 455 g/mol. The summed E-state index contributed by atoms with van der Waals surface area (Å²) < 4.78 is 39.6. The Morgan fingerprint density at radius 1 is 0.971 bits per heavy atom. The van der Waals surface area contributed by atoms with Gasteiger partial charge in [-0.25, -0.2) is 9.97 Å². The van der Waals surface area contributed by atoms with Crippen molar-refractivity contribution in [2.24, 2.45) is 0 Å². The van der Waals surface area contributed by atoms with Crippen molar-refractivity contribution in [3.8, 4) is 0 Å². The highest BCUT2D eigenvalue weighted by molar-refractivity contribution is 5.94. The van der Waals surface area contributed by atoms with Gasteiger partial charge in [0, 0.05) is 37.8 Å². The number of hydrogen-bond acceptors (Lipinski definition) is 5. The maximum absolute atomic E-state index is 13.4. The Bertz CT molecular complexity index is 1080. The minimum Gasteiger partial charge on any atom is -0.352 e. The van der Waals surface area contributed by atoms with Gasteiger partial charge in [0.15, 0.2) is 0 Å². The Kier molecular flexibility index (Phi) is 6.70. The van der Waals surface area contributed by atoms with Crippen LogP contribution in [0.4, 0.5) is 19.0 Å². The molecule has 3 aliphatic heterocycles. The van der Waals surface area contributed by atoms with Crippen LogP contribution < -0.4 is 4.90 Å². The average molecular weight is 488 g/mol. The highest BCUT2D eigenvalue weighted by Crippen LogP contribution is 2.33. The zero-order valence-electron chi connectivity index (χ0n) is 20.2. The molecule has 2 aromatic rings. The molecule has 0 aliphatic carbocycles. The van der Waals surface area contributed by atoms with Crippen molar-refractivity contribution in [1.29, 1.82) is 0 Å². The molecule has 1 amide bonds. The smallest absolute Gasteiger partial charge is 0.352 e. The van der Waals surface area contributed by atoms with Gasteiger partial charge >= 0.3 is 6.18 Å². The number of hydrogen-bond donors (Lipinski definition) is 0. The van der Waals surface area contributed by atoms with E-state index in [9.17, 15) is 18.0 Å². The largest absolute Gasteiger partial charge is 0.416 e. The molecule has 35 heavy (non-hydrogen) atoms. The van der Waals surface area contributed by atoms with Gasteiger partial charge < -0.3 is 14.7 Å². The molecule has 1 aromatic heterocycles. The maximum atomic E-state index is 13.4. The summed E-state index contributed by atoms with van der Waals surface area (Å²) in [5.41, 5.74) is 2.01. The molecule has 0 saturated carbocycles. The lowest BCUT2D eigenvalue weighted by Gasteiger charge is -2.40. The molecule has 0 unspecified atom stereocenters. The van der Waals surface area contributed by atoms with E-state index in [-0.39, 0.29) is 5.91 Å². The number of carbonyl (C=O) groups excluding carboxylic acids is 1. The molecule has 0 spiro atoms. The number of anilines is 1. The van der Waals surface area contributed by atoms with Crippen molar-refractivity contribution in [3.63, 3.8) is 0 Å². The predicted molar refractivity (Wildman–Crippen MR) is 127 cm³/mol. The number of benzene rings is 1. The van der Waals surface area contributed by atoms with Crippen LogP contribution in [-0.2, 0) is 19.1 Å². The van der Waals surface area contributed by atoms with Gasteiger partial charge in [-0.05, 0) is 75.4 Å². The minimum absolute atomic E-state index is 0.0833. The molecule has 0 N–H and O–H groups in total. The van der Waals surface area contributed by atoms with Gasteiger partial charge in [0.1, 0.15) is 17.8 Å². The molecule has 0 radical (unpaired) electrons. The van der Waals surface area contributed by atoms with E-state index in [4.69, 9.17) is 0 Å². The Labute approximate surface area is 204 Å². The van der Waals surface area contributed by atoms with Crippen molar-refractivity contribution in [2.45, 2.75) is 64.2 Å². The number of likely N-dealkylation sites (tertiary alicyclic amines) is 2. The Morgan fingerprint density at radius 2 is 1.71 bits per heavy atom. The number of alkyl halides is 3. The minimum atomic E-state index is -4.37. The van der Waals surface area contributed by atoms with Gasteiger partial charge in [0.25, 0.3) is 5.91 Å². The molecule has 0 atom stereocenters. The fourth-order valence-electron chi connectivity index (χ4n) is 5.76.